The fourth-order valence-electron chi connectivity index (χ4n) is 1.65. The molecule has 0 bridgehead atoms. The Morgan fingerprint density at radius 2 is 2.11 bits per heavy atom. The van der Waals surface area contributed by atoms with Crippen LogP contribution in [0, 0.1) is 17.3 Å². The zero-order chi connectivity index (χ0) is 13.8. The van der Waals surface area contributed by atoms with Gasteiger partial charge in [0.25, 0.3) is 0 Å². The molecule has 18 heavy (non-hydrogen) atoms. The highest BCUT2D eigenvalue weighted by atomic mass is 16.5. The smallest absolute Gasteiger partial charge is 0.157 e. The summed E-state index contributed by atoms with van der Waals surface area (Å²) in [6.45, 7) is 15.8. The molecule has 1 aliphatic rings. The number of ether oxygens (including phenoxy) is 1. The molecule has 0 saturated carbocycles. The maximum absolute atomic E-state index is 5.77. The molecule has 0 fully saturated rings. The second kappa shape index (κ2) is 5.82. The van der Waals surface area contributed by atoms with Crippen molar-refractivity contribution in [3.63, 3.8) is 0 Å². The Bertz CT molecular complexity index is 426. The molecule has 0 spiro atoms. The van der Waals surface area contributed by atoms with Crippen molar-refractivity contribution in [2.24, 2.45) is 5.41 Å². The maximum Gasteiger partial charge on any atom is 0.157 e. The Balaban J connectivity index is 3.05. The average Bonchev–Trinajstić information content (AvgIpc) is 2.46. The Labute approximate surface area is 111 Å². The molecule has 1 rings (SSSR count). The number of allylic oxidation sites excluding steroid dienone is 2. The van der Waals surface area contributed by atoms with Gasteiger partial charge in [-0.15, -0.1) is 0 Å². The fourth-order valence-corrected chi connectivity index (χ4v) is 1.65. The quantitative estimate of drug-likeness (QED) is 0.692. The lowest BCUT2D eigenvalue weighted by Gasteiger charge is -2.19. The van der Waals surface area contributed by atoms with E-state index in [1.54, 1.807) is 0 Å². The number of nitrogens with zero attached hydrogens (tertiary/aromatic N) is 1. The molecule has 2 nitrogen and oxygen atoms in total. The van der Waals surface area contributed by atoms with Crippen LogP contribution in [0.15, 0.2) is 36.3 Å². The molecule has 1 aliphatic heterocycles. The van der Waals surface area contributed by atoms with Gasteiger partial charge in [0.15, 0.2) is 5.76 Å². The Kier molecular flexibility index (Phi) is 4.67. The second-order valence-corrected chi connectivity index (χ2v) is 5.52. The van der Waals surface area contributed by atoms with E-state index in [-0.39, 0.29) is 5.41 Å². The molecule has 0 amide bonds. The van der Waals surface area contributed by atoms with E-state index in [1.165, 1.54) is 0 Å². The van der Waals surface area contributed by atoms with Crippen molar-refractivity contribution < 1.29 is 4.74 Å². The first-order valence-corrected chi connectivity index (χ1v) is 6.28. The summed E-state index contributed by atoms with van der Waals surface area (Å²) >= 11 is 0. The lowest BCUT2D eigenvalue weighted by atomic mass is 9.97. The van der Waals surface area contributed by atoms with Gasteiger partial charge < -0.3 is 9.64 Å². The van der Waals surface area contributed by atoms with Crippen LogP contribution in [-0.2, 0) is 4.74 Å². The number of hydrogen-bond acceptors (Lipinski definition) is 2. The van der Waals surface area contributed by atoms with Gasteiger partial charge in [0.1, 0.15) is 0 Å². The lowest BCUT2D eigenvalue weighted by Crippen LogP contribution is -2.17. The van der Waals surface area contributed by atoms with Gasteiger partial charge in [0, 0.05) is 19.0 Å². The Morgan fingerprint density at radius 3 is 2.67 bits per heavy atom. The zero-order valence-electron chi connectivity index (χ0n) is 12.0. The largest absolute Gasteiger partial charge is 0.490 e. The molecule has 0 saturated heterocycles. The van der Waals surface area contributed by atoms with Crippen LogP contribution in [-0.4, -0.2) is 25.1 Å². The third kappa shape index (κ3) is 4.00. The van der Waals surface area contributed by atoms with Gasteiger partial charge in [-0.25, -0.2) is 0 Å². The standard InChI is InChI=1S/C16H23NO/c1-7-14-15(18-12-8-11-17(14)6)13(2)9-10-16(3,4)5/h7H,1-2,8,11-12H2,3-6H3. The number of hydrogen-bond donors (Lipinski definition) is 0. The summed E-state index contributed by atoms with van der Waals surface area (Å²) in [5, 5.41) is 0. The van der Waals surface area contributed by atoms with E-state index in [4.69, 9.17) is 4.74 Å². The minimum absolute atomic E-state index is 0.0333. The third-order valence-electron chi connectivity index (χ3n) is 2.58. The average molecular weight is 245 g/mol. The summed E-state index contributed by atoms with van der Waals surface area (Å²) in [5.41, 5.74) is 1.67. The van der Waals surface area contributed by atoms with E-state index in [2.05, 4.69) is 50.7 Å². The minimum atomic E-state index is -0.0333. The van der Waals surface area contributed by atoms with E-state index >= 15 is 0 Å². The summed E-state index contributed by atoms with van der Waals surface area (Å²) in [5.74, 6) is 7.05. The molecule has 0 aromatic heterocycles. The van der Waals surface area contributed by atoms with Crippen molar-refractivity contribution in [1.29, 1.82) is 0 Å². The number of likely N-dealkylation sites (N-methyl/N-ethyl adjacent to an activating group) is 1. The van der Waals surface area contributed by atoms with Crippen LogP contribution in [0.1, 0.15) is 27.2 Å². The molecular weight excluding hydrogens is 222 g/mol. The molecule has 0 radical (unpaired) electrons. The molecule has 0 aromatic carbocycles. The highest BCUT2D eigenvalue weighted by Crippen LogP contribution is 2.22. The molecule has 0 unspecified atom stereocenters. The highest BCUT2D eigenvalue weighted by Gasteiger charge is 2.16. The molecule has 98 valence electrons. The van der Waals surface area contributed by atoms with Crippen LogP contribution in [0.4, 0.5) is 0 Å². The molecule has 1 heterocycles. The summed E-state index contributed by atoms with van der Waals surface area (Å²) in [7, 11) is 2.04. The van der Waals surface area contributed by atoms with Gasteiger partial charge >= 0.3 is 0 Å². The van der Waals surface area contributed by atoms with E-state index in [0.29, 0.717) is 6.61 Å². The Hall–Kier alpha value is -1.62. The second-order valence-electron chi connectivity index (χ2n) is 5.52. The topological polar surface area (TPSA) is 12.5 Å². The first kappa shape index (κ1) is 14.4. The Morgan fingerprint density at radius 1 is 1.44 bits per heavy atom. The van der Waals surface area contributed by atoms with Crippen LogP contribution in [0.25, 0.3) is 0 Å². The van der Waals surface area contributed by atoms with Gasteiger partial charge in [0.05, 0.1) is 17.9 Å². The molecule has 0 aromatic rings. The van der Waals surface area contributed by atoms with Crippen molar-refractivity contribution >= 4 is 0 Å². The molecule has 0 aliphatic carbocycles. The predicted octanol–water partition coefficient (Wildman–Crippen LogP) is 3.34. The van der Waals surface area contributed by atoms with Crippen LogP contribution in [0.3, 0.4) is 0 Å². The van der Waals surface area contributed by atoms with E-state index in [0.717, 1.165) is 30.0 Å². The van der Waals surface area contributed by atoms with Crippen LogP contribution >= 0.6 is 0 Å². The van der Waals surface area contributed by atoms with E-state index < -0.39 is 0 Å². The third-order valence-corrected chi connectivity index (χ3v) is 2.58. The highest BCUT2D eigenvalue weighted by molar-refractivity contribution is 5.45. The van der Waals surface area contributed by atoms with Crippen molar-refractivity contribution in [2.75, 3.05) is 20.2 Å². The van der Waals surface area contributed by atoms with Gasteiger partial charge in [-0.05, 0) is 33.3 Å². The predicted molar refractivity (Wildman–Crippen MR) is 76.8 cm³/mol. The van der Waals surface area contributed by atoms with E-state index in [9.17, 15) is 0 Å². The van der Waals surface area contributed by atoms with Crippen molar-refractivity contribution in [1.82, 2.24) is 4.90 Å². The van der Waals surface area contributed by atoms with Crippen molar-refractivity contribution in [3.05, 3.63) is 36.3 Å². The molecular formula is C16H23NO. The number of rotatable bonds is 2. The fraction of sp³-hybridized carbons (Fsp3) is 0.500. The first-order valence-electron chi connectivity index (χ1n) is 6.28. The van der Waals surface area contributed by atoms with Crippen LogP contribution in [0.5, 0.6) is 0 Å². The summed E-state index contributed by atoms with van der Waals surface area (Å²) in [4.78, 5) is 2.14. The van der Waals surface area contributed by atoms with Gasteiger partial charge in [-0.3, -0.25) is 0 Å². The van der Waals surface area contributed by atoms with Crippen molar-refractivity contribution in [2.45, 2.75) is 27.2 Å². The van der Waals surface area contributed by atoms with Gasteiger partial charge in [-0.2, -0.15) is 0 Å². The first-order chi connectivity index (χ1) is 8.35. The zero-order valence-corrected chi connectivity index (χ0v) is 12.0. The normalized spacial score (nSPS) is 16.3. The summed E-state index contributed by atoms with van der Waals surface area (Å²) < 4.78 is 5.77. The monoisotopic (exact) mass is 245 g/mol. The van der Waals surface area contributed by atoms with Gasteiger partial charge in [0.2, 0.25) is 0 Å². The molecule has 0 atom stereocenters. The summed E-state index contributed by atoms with van der Waals surface area (Å²) in [6, 6.07) is 0. The minimum Gasteiger partial charge on any atom is -0.490 e. The molecule has 0 N–H and O–H groups in total. The SMILES string of the molecule is C=CC1=C(C(=C)C#CC(C)(C)C)OCCCN1C. The summed E-state index contributed by atoms with van der Waals surface area (Å²) in [6.07, 6.45) is 2.81. The van der Waals surface area contributed by atoms with Gasteiger partial charge in [-0.1, -0.05) is 25.0 Å². The van der Waals surface area contributed by atoms with Crippen molar-refractivity contribution in [3.8, 4) is 11.8 Å². The van der Waals surface area contributed by atoms with Crippen LogP contribution < -0.4 is 0 Å². The lowest BCUT2D eigenvalue weighted by molar-refractivity contribution is 0.224. The van der Waals surface area contributed by atoms with E-state index in [1.807, 2.05) is 13.1 Å². The maximum atomic E-state index is 5.77. The van der Waals surface area contributed by atoms with Crippen LogP contribution in [0.2, 0.25) is 0 Å². The molecule has 2 heteroatoms.